The molecule has 0 aliphatic rings. The number of halogens is 4. The lowest BCUT2D eigenvalue weighted by Crippen LogP contribution is -2.17. The lowest BCUT2D eigenvalue weighted by molar-refractivity contribution is -0.137. The van der Waals surface area contributed by atoms with Gasteiger partial charge in [-0.2, -0.15) is 13.2 Å². The summed E-state index contributed by atoms with van der Waals surface area (Å²) in [6.07, 6.45) is -4.49. The molecule has 0 bridgehead atoms. The van der Waals surface area contributed by atoms with Crippen molar-refractivity contribution in [1.29, 1.82) is 0 Å². The summed E-state index contributed by atoms with van der Waals surface area (Å²) in [7, 11) is 2.95. The molecule has 1 heterocycles. The average molecular weight is 368 g/mol. The topological polar surface area (TPSA) is 31.2 Å². The monoisotopic (exact) mass is 367 g/mol. The van der Waals surface area contributed by atoms with Crippen LogP contribution in [0.3, 0.4) is 0 Å². The molecule has 0 atom stereocenters. The van der Waals surface area contributed by atoms with Crippen molar-refractivity contribution in [3.05, 3.63) is 63.4 Å². The maximum atomic E-state index is 13.1. The Bertz CT molecular complexity index is 1030. The van der Waals surface area contributed by atoms with E-state index in [0.717, 1.165) is 12.1 Å². The van der Waals surface area contributed by atoms with Crippen molar-refractivity contribution >= 4 is 22.5 Å². The molecular formula is C18H13ClF3NO2. The minimum Gasteiger partial charge on any atom is -0.496 e. The lowest BCUT2D eigenvalue weighted by Gasteiger charge is -2.15. The highest BCUT2D eigenvalue weighted by molar-refractivity contribution is 6.31. The smallest absolute Gasteiger partial charge is 0.416 e. The maximum absolute atomic E-state index is 13.1. The molecule has 0 spiro atoms. The summed E-state index contributed by atoms with van der Waals surface area (Å²) in [4.78, 5) is 12.3. The van der Waals surface area contributed by atoms with Gasteiger partial charge in [-0.1, -0.05) is 11.6 Å². The number of rotatable bonds is 2. The fourth-order valence-electron chi connectivity index (χ4n) is 2.75. The molecule has 0 aliphatic heterocycles. The van der Waals surface area contributed by atoms with Crippen LogP contribution >= 0.6 is 11.6 Å². The van der Waals surface area contributed by atoms with Crippen LogP contribution in [0.25, 0.3) is 22.0 Å². The fourth-order valence-corrected chi connectivity index (χ4v) is 2.92. The van der Waals surface area contributed by atoms with E-state index in [-0.39, 0.29) is 10.9 Å². The van der Waals surface area contributed by atoms with Crippen molar-refractivity contribution in [2.24, 2.45) is 7.05 Å². The molecule has 7 heteroatoms. The summed E-state index contributed by atoms with van der Waals surface area (Å²) in [6.45, 7) is 0. The second-order valence-electron chi connectivity index (χ2n) is 5.53. The van der Waals surface area contributed by atoms with Gasteiger partial charge >= 0.3 is 6.18 Å². The van der Waals surface area contributed by atoms with Crippen molar-refractivity contribution in [1.82, 2.24) is 4.57 Å². The van der Waals surface area contributed by atoms with E-state index in [1.54, 1.807) is 18.2 Å². The zero-order chi connectivity index (χ0) is 18.4. The lowest BCUT2D eigenvalue weighted by atomic mass is 9.98. The molecule has 3 aromatic rings. The van der Waals surface area contributed by atoms with Crippen LogP contribution in [-0.2, 0) is 13.2 Å². The van der Waals surface area contributed by atoms with Crippen LogP contribution < -0.4 is 10.3 Å². The molecule has 1 aromatic heterocycles. The first kappa shape index (κ1) is 17.4. The summed E-state index contributed by atoms with van der Waals surface area (Å²) in [5, 5.41) is 0.675. The number of methoxy groups -OCH3 is 1. The molecule has 130 valence electrons. The molecule has 0 fully saturated rings. The fraction of sp³-hybridized carbons (Fsp3) is 0.167. The van der Waals surface area contributed by atoms with Gasteiger partial charge in [0.2, 0.25) is 0 Å². The summed E-state index contributed by atoms with van der Waals surface area (Å²) >= 11 is 6.03. The van der Waals surface area contributed by atoms with E-state index in [1.165, 1.54) is 30.9 Å². The first-order valence-electron chi connectivity index (χ1n) is 7.27. The molecule has 0 saturated carbocycles. The van der Waals surface area contributed by atoms with Crippen LogP contribution in [0.1, 0.15) is 5.56 Å². The summed E-state index contributed by atoms with van der Waals surface area (Å²) < 4.78 is 46.0. The van der Waals surface area contributed by atoms with Crippen molar-refractivity contribution < 1.29 is 17.9 Å². The predicted molar refractivity (Wildman–Crippen MR) is 91.2 cm³/mol. The normalized spacial score (nSPS) is 11.8. The van der Waals surface area contributed by atoms with E-state index in [4.69, 9.17) is 16.3 Å². The number of nitrogens with zero attached hydrogens (tertiary/aromatic N) is 1. The van der Waals surface area contributed by atoms with Crippen LogP contribution in [0, 0.1) is 0 Å². The number of aryl methyl sites for hydroxylation is 1. The quantitative estimate of drug-likeness (QED) is 0.646. The first-order chi connectivity index (χ1) is 11.7. The molecule has 0 saturated heterocycles. The molecule has 0 radical (unpaired) electrons. The van der Waals surface area contributed by atoms with Crippen molar-refractivity contribution in [3.8, 4) is 16.9 Å². The van der Waals surface area contributed by atoms with Crippen molar-refractivity contribution in [3.63, 3.8) is 0 Å². The molecule has 0 unspecified atom stereocenters. The van der Waals surface area contributed by atoms with E-state index in [1.807, 2.05) is 0 Å². The molecule has 3 nitrogen and oxygen atoms in total. The molecule has 0 amide bonds. The molecule has 2 aromatic carbocycles. The Morgan fingerprint density at radius 1 is 1.04 bits per heavy atom. The summed E-state index contributed by atoms with van der Waals surface area (Å²) in [5.74, 6) is 0.413. The third-order valence-electron chi connectivity index (χ3n) is 4.03. The van der Waals surface area contributed by atoms with Gasteiger partial charge in [-0.3, -0.25) is 4.79 Å². The highest BCUT2D eigenvalue weighted by Gasteiger charge is 2.31. The van der Waals surface area contributed by atoms with Gasteiger partial charge in [0.25, 0.3) is 5.56 Å². The summed E-state index contributed by atoms with van der Waals surface area (Å²) in [5.41, 5.74) is 0.0447. The van der Waals surface area contributed by atoms with Gasteiger partial charge in [-0.05, 0) is 36.4 Å². The van der Waals surface area contributed by atoms with Gasteiger partial charge in [0, 0.05) is 34.6 Å². The van der Waals surface area contributed by atoms with E-state index in [9.17, 15) is 18.0 Å². The SMILES string of the molecule is COc1ccc(Cl)cc1-c1cc(=O)n(C)c2ccc(C(F)(F)F)cc12. The number of aromatic nitrogens is 1. The number of ether oxygens (including phenoxy) is 1. The third-order valence-corrected chi connectivity index (χ3v) is 4.26. The van der Waals surface area contributed by atoms with Crippen LogP contribution in [0.5, 0.6) is 5.75 Å². The van der Waals surface area contributed by atoms with E-state index in [0.29, 0.717) is 27.4 Å². The van der Waals surface area contributed by atoms with Gasteiger partial charge in [0.1, 0.15) is 5.75 Å². The number of fused-ring (bicyclic) bond motifs is 1. The number of alkyl halides is 3. The van der Waals surface area contributed by atoms with Crippen LogP contribution in [0.4, 0.5) is 13.2 Å². The second-order valence-corrected chi connectivity index (χ2v) is 5.97. The molecule has 0 aliphatic carbocycles. The largest absolute Gasteiger partial charge is 0.496 e. The standard InChI is InChI=1S/C18H13ClF3NO2/c1-23-15-5-3-10(18(20,21)22)7-13(15)12(9-17(23)24)14-8-11(19)4-6-16(14)25-2/h3-9H,1-2H3. The molecular weight excluding hydrogens is 355 g/mol. The average Bonchev–Trinajstić information content (AvgIpc) is 2.56. The Hall–Kier alpha value is -2.47. The van der Waals surface area contributed by atoms with Crippen molar-refractivity contribution in [2.75, 3.05) is 7.11 Å². The molecule has 3 rings (SSSR count). The Morgan fingerprint density at radius 2 is 1.76 bits per heavy atom. The zero-order valence-corrected chi connectivity index (χ0v) is 14.1. The van der Waals surface area contributed by atoms with Gasteiger partial charge in [-0.15, -0.1) is 0 Å². The molecule has 25 heavy (non-hydrogen) atoms. The Morgan fingerprint density at radius 3 is 2.40 bits per heavy atom. The number of benzene rings is 2. The van der Waals surface area contributed by atoms with Crippen LogP contribution in [0.15, 0.2) is 47.3 Å². The number of hydrogen-bond acceptors (Lipinski definition) is 2. The van der Waals surface area contributed by atoms with E-state index < -0.39 is 11.7 Å². The van der Waals surface area contributed by atoms with E-state index >= 15 is 0 Å². The van der Waals surface area contributed by atoms with Crippen molar-refractivity contribution in [2.45, 2.75) is 6.18 Å². The molecule has 0 N–H and O–H groups in total. The van der Waals surface area contributed by atoms with Gasteiger partial charge in [0.15, 0.2) is 0 Å². The van der Waals surface area contributed by atoms with E-state index in [2.05, 4.69) is 0 Å². The maximum Gasteiger partial charge on any atom is 0.416 e. The Kier molecular flexibility index (Phi) is 4.24. The minimum atomic E-state index is -4.49. The summed E-state index contributed by atoms with van der Waals surface area (Å²) in [6, 6.07) is 9.35. The van der Waals surface area contributed by atoms with Gasteiger partial charge in [0.05, 0.1) is 18.2 Å². The van der Waals surface area contributed by atoms with Crippen LogP contribution in [-0.4, -0.2) is 11.7 Å². The zero-order valence-electron chi connectivity index (χ0n) is 13.3. The Labute approximate surface area is 146 Å². The Balaban J connectivity index is 2.44. The third kappa shape index (κ3) is 3.09. The highest BCUT2D eigenvalue weighted by atomic mass is 35.5. The first-order valence-corrected chi connectivity index (χ1v) is 7.65. The predicted octanol–water partition coefficient (Wildman–Crippen LogP) is 4.89. The van der Waals surface area contributed by atoms with Gasteiger partial charge in [-0.25, -0.2) is 0 Å². The highest BCUT2D eigenvalue weighted by Crippen LogP contribution is 2.38. The number of hydrogen-bond donors (Lipinski definition) is 0. The van der Waals surface area contributed by atoms with Gasteiger partial charge < -0.3 is 9.30 Å². The van der Waals surface area contributed by atoms with Crippen LogP contribution in [0.2, 0.25) is 5.02 Å². The second kappa shape index (κ2) is 6.11. The minimum absolute atomic E-state index is 0.289. The number of pyridine rings is 1.